The number of methoxy groups -OCH3 is 1. The summed E-state index contributed by atoms with van der Waals surface area (Å²) in [5.74, 6) is 1.04. The number of aryl methyl sites for hydroxylation is 1. The Kier molecular flexibility index (Phi) is 4.31. The minimum atomic E-state index is -3.26. The molecular weight excluding hydrogens is 360 g/mol. The minimum Gasteiger partial charge on any atom is -0.375 e. The number of rotatable bonds is 6. The normalized spacial score (nSPS) is 31.4. The predicted molar refractivity (Wildman–Crippen MR) is 90.8 cm³/mol. The number of likely N-dealkylation sites (tertiary alicyclic amines) is 1. The number of nitrogens with zero attached hydrogens (tertiary/aromatic N) is 3. The van der Waals surface area contributed by atoms with Crippen LogP contribution in [0.15, 0.2) is 4.52 Å². The second-order valence-electron chi connectivity index (χ2n) is 7.71. The van der Waals surface area contributed by atoms with E-state index < -0.39 is 15.4 Å². The molecule has 1 saturated heterocycles. The van der Waals surface area contributed by atoms with Gasteiger partial charge >= 0.3 is 0 Å². The van der Waals surface area contributed by atoms with Crippen molar-refractivity contribution in [2.45, 2.75) is 49.3 Å². The fourth-order valence-corrected chi connectivity index (χ4v) is 6.00. The van der Waals surface area contributed by atoms with Gasteiger partial charge in [-0.25, -0.2) is 13.1 Å². The van der Waals surface area contributed by atoms with Crippen molar-refractivity contribution in [1.29, 1.82) is 0 Å². The van der Waals surface area contributed by atoms with Crippen molar-refractivity contribution in [2.75, 3.05) is 26.8 Å². The first kappa shape index (κ1) is 17.9. The molecule has 3 aliphatic rings. The summed E-state index contributed by atoms with van der Waals surface area (Å²) in [4.78, 5) is 18.5. The van der Waals surface area contributed by atoms with Crippen molar-refractivity contribution in [3.63, 3.8) is 0 Å². The van der Waals surface area contributed by atoms with Crippen molar-refractivity contribution < 1.29 is 22.5 Å². The van der Waals surface area contributed by atoms with Gasteiger partial charge in [-0.3, -0.25) is 4.79 Å². The maximum atomic E-state index is 12.3. The zero-order chi connectivity index (χ0) is 18.5. The molecule has 2 aliphatic carbocycles. The van der Waals surface area contributed by atoms with Crippen molar-refractivity contribution in [3.8, 4) is 0 Å². The SMILES string of the molecule is COCC(=O)N1C[C@@H]2C[C@@H](NS(=O)(=O)C3CC3)C[C@]2(c2nc(C)no2)C1. The van der Waals surface area contributed by atoms with Gasteiger partial charge in [0.05, 0.1) is 10.7 Å². The van der Waals surface area contributed by atoms with Crippen LogP contribution < -0.4 is 4.72 Å². The summed E-state index contributed by atoms with van der Waals surface area (Å²) < 4.78 is 38.0. The van der Waals surface area contributed by atoms with Crippen LogP contribution >= 0.6 is 0 Å². The van der Waals surface area contributed by atoms with E-state index in [1.165, 1.54) is 7.11 Å². The summed E-state index contributed by atoms with van der Waals surface area (Å²) in [5.41, 5.74) is -0.499. The van der Waals surface area contributed by atoms with Crippen LogP contribution in [0.4, 0.5) is 0 Å². The second-order valence-corrected chi connectivity index (χ2v) is 9.70. The van der Waals surface area contributed by atoms with Crippen LogP contribution in [0.25, 0.3) is 0 Å². The third-order valence-corrected chi connectivity index (χ3v) is 7.75. The molecule has 0 radical (unpaired) electrons. The molecule has 3 atom stereocenters. The van der Waals surface area contributed by atoms with Crippen molar-refractivity contribution in [2.24, 2.45) is 5.92 Å². The van der Waals surface area contributed by atoms with Crippen LogP contribution in [0.1, 0.15) is 37.4 Å². The monoisotopic (exact) mass is 384 g/mol. The van der Waals surface area contributed by atoms with Crippen LogP contribution in [-0.2, 0) is 25.0 Å². The highest BCUT2D eigenvalue weighted by Gasteiger charge is 2.58. The van der Waals surface area contributed by atoms with Crippen LogP contribution in [0.2, 0.25) is 0 Å². The number of amides is 1. The lowest BCUT2D eigenvalue weighted by atomic mass is 9.80. The Labute approximate surface area is 152 Å². The van der Waals surface area contributed by atoms with Gasteiger partial charge in [0.25, 0.3) is 0 Å². The number of aromatic nitrogens is 2. The molecule has 26 heavy (non-hydrogen) atoms. The lowest BCUT2D eigenvalue weighted by Crippen LogP contribution is -2.41. The summed E-state index contributed by atoms with van der Waals surface area (Å²) in [7, 11) is -1.77. The number of nitrogens with one attached hydrogen (secondary N) is 1. The Balaban J connectivity index is 1.57. The van der Waals surface area contributed by atoms with Gasteiger partial charge in [-0.1, -0.05) is 5.16 Å². The van der Waals surface area contributed by atoms with Gasteiger partial charge < -0.3 is 14.2 Å². The molecule has 0 spiro atoms. The Bertz CT molecular complexity index is 805. The molecule has 4 rings (SSSR count). The molecule has 2 saturated carbocycles. The van der Waals surface area contributed by atoms with Crippen molar-refractivity contribution in [1.82, 2.24) is 19.8 Å². The summed E-state index contributed by atoms with van der Waals surface area (Å²) in [6, 6.07) is -0.169. The molecule has 2 heterocycles. The zero-order valence-corrected chi connectivity index (χ0v) is 15.8. The first-order valence-electron chi connectivity index (χ1n) is 8.93. The first-order chi connectivity index (χ1) is 12.3. The van der Waals surface area contributed by atoms with Gasteiger partial charge in [-0.05, 0) is 38.5 Å². The predicted octanol–water partition coefficient (Wildman–Crippen LogP) is -0.0352. The maximum absolute atomic E-state index is 12.3. The van der Waals surface area contributed by atoms with Gasteiger partial charge in [-0.2, -0.15) is 4.98 Å². The van der Waals surface area contributed by atoms with E-state index >= 15 is 0 Å². The average Bonchev–Trinajstić information content (AvgIpc) is 3.14. The molecule has 0 unspecified atom stereocenters. The Morgan fingerprint density at radius 1 is 1.46 bits per heavy atom. The molecule has 10 heteroatoms. The molecule has 3 fully saturated rings. The van der Waals surface area contributed by atoms with E-state index in [-0.39, 0.29) is 29.7 Å². The molecule has 1 amide bonds. The number of carbonyl (C=O) groups is 1. The molecular formula is C16H24N4O5S. The van der Waals surface area contributed by atoms with E-state index in [4.69, 9.17) is 9.26 Å². The number of sulfonamides is 1. The topological polar surface area (TPSA) is 115 Å². The average molecular weight is 384 g/mol. The standard InChI is InChI=1S/C16H24N4O5S/c1-10-17-15(25-18-10)16-6-12(19-26(22,23)13-3-4-13)5-11(16)7-20(9-16)14(21)8-24-2/h11-13,19H,3-9H2,1-2H3/t11-,12+,16-/m0/s1. The minimum absolute atomic E-state index is 0.0311. The van der Waals surface area contributed by atoms with E-state index in [9.17, 15) is 13.2 Å². The molecule has 9 nitrogen and oxygen atoms in total. The fourth-order valence-electron chi connectivity index (χ4n) is 4.40. The van der Waals surface area contributed by atoms with Crippen LogP contribution in [-0.4, -0.2) is 67.5 Å². The summed E-state index contributed by atoms with van der Waals surface area (Å²) in [6.07, 6.45) is 2.68. The molecule has 0 aromatic carbocycles. The Morgan fingerprint density at radius 3 is 2.85 bits per heavy atom. The second kappa shape index (κ2) is 6.28. The van der Waals surface area contributed by atoms with Gasteiger partial charge in [0.1, 0.15) is 6.61 Å². The molecule has 1 aromatic heterocycles. The maximum Gasteiger partial charge on any atom is 0.248 e. The highest BCUT2D eigenvalue weighted by molar-refractivity contribution is 7.90. The summed E-state index contributed by atoms with van der Waals surface area (Å²) >= 11 is 0. The zero-order valence-electron chi connectivity index (χ0n) is 15.0. The first-order valence-corrected chi connectivity index (χ1v) is 10.5. The number of ether oxygens (including phenoxy) is 1. The molecule has 0 bridgehead atoms. The molecule has 1 N–H and O–H groups in total. The van der Waals surface area contributed by atoms with E-state index in [2.05, 4.69) is 14.9 Å². The third-order valence-electron chi connectivity index (χ3n) is 5.74. The van der Waals surface area contributed by atoms with Gasteiger partial charge in [0.2, 0.25) is 21.8 Å². The van der Waals surface area contributed by atoms with Crippen LogP contribution in [0.3, 0.4) is 0 Å². The number of hydrogen-bond acceptors (Lipinski definition) is 7. The number of carbonyl (C=O) groups excluding carboxylic acids is 1. The Morgan fingerprint density at radius 2 is 2.23 bits per heavy atom. The van der Waals surface area contributed by atoms with E-state index in [1.54, 1.807) is 11.8 Å². The molecule has 144 valence electrons. The lowest BCUT2D eigenvalue weighted by molar-refractivity contribution is -0.134. The van der Waals surface area contributed by atoms with Crippen molar-refractivity contribution in [3.05, 3.63) is 11.7 Å². The lowest BCUT2D eigenvalue weighted by Gasteiger charge is -2.25. The highest BCUT2D eigenvalue weighted by Crippen LogP contribution is 2.50. The summed E-state index contributed by atoms with van der Waals surface area (Å²) in [5, 5.41) is 3.66. The van der Waals surface area contributed by atoms with Gasteiger partial charge in [0.15, 0.2) is 5.82 Å². The molecule has 1 aliphatic heterocycles. The van der Waals surface area contributed by atoms with Crippen LogP contribution in [0, 0.1) is 12.8 Å². The van der Waals surface area contributed by atoms with Crippen LogP contribution in [0.5, 0.6) is 0 Å². The fraction of sp³-hybridized carbons (Fsp3) is 0.812. The van der Waals surface area contributed by atoms with E-state index in [1.807, 2.05) is 0 Å². The van der Waals surface area contributed by atoms with Gasteiger partial charge in [0, 0.05) is 26.2 Å². The van der Waals surface area contributed by atoms with E-state index in [0.29, 0.717) is 37.6 Å². The quantitative estimate of drug-likeness (QED) is 0.732. The van der Waals surface area contributed by atoms with E-state index in [0.717, 1.165) is 12.8 Å². The third kappa shape index (κ3) is 3.03. The van der Waals surface area contributed by atoms with Gasteiger partial charge in [-0.15, -0.1) is 0 Å². The number of fused-ring (bicyclic) bond motifs is 1. The largest absolute Gasteiger partial charge is 0.375 e. The highest BCUT2D eigenvalue weighted by atomic mass is 32.2. The summed E-state index contributed by atoms with van der Waals surface area (Å²) in [6.45, 7) is 2.78. The Hall–Kier alpha value is -1.52. The molecule has 1 aromatic rings. The smallest absolute Gasteiger partial charge is 0.248 e. The number of hydrogen-bond donors (Lipinski definition) is 1. The van der Waals surface area contributed by atoms with Crippen molar-refractivity contribution >= 4 is 15.9 Å².